The van der Waals surface area contributed by atoms with Crippen molar-refractivity contribution in [3.8, 4) is 0 Å². The van der Waals surface area contributed by atoms with E-state index in [1.807, 2.05) is 0 Å². The van der Waals surface area contributed by atoms with Crippen LogP contribution in [0, 0.1) is 5.92 Å². The van der Waals surface area contributed by atoms with Gasteiger partial charge in [0.2, 0.25) is 10.0 Å². The first-order valence-corrected chi connectivity index (χ1v) is 11.2. The van der Waals surface area contributed by atoms with Gasteiger partial charge in [0.25, 0.3) is 0 Å². The monoisotopic (exact) mass is 483 g/mol. The molecule has 1 aromatic rings. The molecule has 1 aliphatic carbocycles. The fraction of sp³-hybridized carbons (Fsp3) is 0.588. The Labute approximate surface area is 170 Å². The summed E-state index contributed by atoms with van der Waals surface area (Å²) < 4.78 is 65.8. The predicted octanol–water partition coefficient (Wildman–Crippen LogP) is 4.30. The molecule has 1 aromatic carbocycles. The van der Waals surface area contributed by atoms with Gasteiger partial charge in [0, 0.05) is 23.7 Å². The second-order valence-electron chi connectivity index (χ2n) is 6.96. The summed E-state index contributed by atoms with van der Waals surface area (Å²) in [6, 6.07) is 4.49. The van der Waals surface area contributed by atoms with Crippen LogP contribution in [0.4, 0.5) is 18.9 Å². The number of anilines is 1. The van der Waals surface area contributed by atoms with Crippen molar-refractivity contribution in [1.29, 1.82) is 0 Å². The summed E-state index contributed by atoms with van der Waals surface area (Å²) in [7, 11) is -2.32. The normalized spacial score (nSPS) is 25.9. The molecule has 3 rings (SSSR count). The number of halogens is 4. The van der Waals surface area contributed by atoms with E-state index in [-0.39, 0.29) is 23.8 Å². The standard InChI is InChI=1S/C17H21BrF3N3O3S/c1-22-28(25,26)12-6-7-14(13(8-12)15-9-16(18)24-27-15)23-11-4-2-10(3-5-11)17(19,20)21/h6-8,10-11,15,22-23H,2-5,9H2,1H3/t10?,11?,15-/m0/s1. The van der Waals surface area contributed by atoms with Gasteiger partial charge in [-0.05, 0) is 66.9 Å². The zero-order valence-corrected chi connectivity index (χ0v) is 17.5. The van der Waals surface area contributed by atoms with Crippen LogP contribution >= 0.6 is 15.9 Å². The zero-order chi connectivity index (χ0) is 20.5. The molecule has 156 valence electrons. The highest BCUT2D eigenvalue weighted by Gasteiger charge is 2.41. The van der Waals surface area contributed by atoms with E-state index in [0.29, 0.717) is 35.1 Å². The van der Waals surface area contributed by atoms with Gasteiger partial charge < -0.3 is 10.2 Å². The fourth-order valence-electron chi connectivity index (χ4n) is 3.52. The van der Waals surface area contributed by atoms with E-state index in [9.17, 15) is 21.6 Å². The Kier molecular flexibility index (Phi) is 6.26. The van der Waals surface area contributed by atoms with Gasteiger partial charge in [-0.2, -0.15) is 13.2 Å². The van der Waals surface area contributed by atoms with Crippen LogP contribution in [0.3, 0.4) is 0 Å². The molecule has 0 spiro atoms. The quantitative estimate of drug-likeness (QED) is 0.654. The Morgan fingerprint density at radius 3 is 2.43 bits per heavy atom. The lowest BCUT2D eigenvalue weighted by Gasteiger charge is -2.31. The predicted molar refractivity (Wildman–Crippen MR) is 103 cm³/mol. The van der Waals surface area contributed by atoms with Gasteiger partial charge in [0.15, 0.2) is 6.10 Å². The number of oxime groups is 1. The van der Waals surface area contributed by atoms with E-state index in [0.717, 1.165) is 0 Å². The van der Waals surface area contributed by atoms with Crippen LogP contribution in [0.1, 0.15) is 43.8 Å². The number of benzene rings is 1. The highest BCUT2D eigenvalue weighted by molar-refractivity contribution is 9.18. The summed E-state index contributed by atoms with van der Waals surface area (Å²) in [5.74, 6) is -1.25. The highest BCUT2D eigenvalue weighted by atomic mass is 79.9. The van der Waals surface area contributed by atoms with Crippen molar-refractivity contribution in [1.82, 2.24) is 4.72 Å². The lowest BCUT2D eigenvalue weighted by Crippen LogP contribution is -2.33. The summed E-state index contributed by atoms with van der Waals surface area (Å²) in [6.07, 6.45) is -3.23. The van der Waals surface area contributed by atoms with Crippen molar-refractivity contribution in [2.75, 3.05) is 12.4 Å². The number of sulfonamides is 1. The van der Waals surface area contributed by atoms with E-state index in [1.54, 1.807) is 6.07 Å². The lowest BCUT2D eigenvalue weighted by molar-refractivity contribution is -0.182. The maximum atomic E-state index is 12.9. The Balaban J connectivity index is 1.80. The molecule has 2 aliphatic rings. The van der Waals surface area contributed by atoms with Crippen LogP contribution in [-0.4, -0.2) is 32.3 Å². The van der Waals surface area contributed by atoms with Gasteiger partial charge in [-0.25, -0.2) is 13.1 Å². The third-order valence-corrected chi connectivity index (χ3v) is 7.01. The minimum Gasteiger partial charge on any atom is -0.386 e. The molecule has 1 aliphatic heterocycles. The topological polar surface area (TPSA) is 79.8 Å². The van der Waals surface area contributed by atoms with Crippen LogP contribution in [0.2, 0.25) is 0 Å². The molecule has 28 heavy (non-hydrogen) atoms. The van der Waals surface area contributed by atoms with Crippen molar-refractivity contribution >= 4 is 36.3 Å². The number of hydrogen-bond donors (Lipinski definition) is 2. The van der Waals surface area contributed by atoms with Crippen LogP contribution in [0.5, 0.6) is 0 Å². The molecule has 2 N–H and O–H groups in total. The lowest BCUT2D eigenvalue weighted by atomic mass is 9.85. The SMILES string of the molecule is CNS(=O)(=O)c1ccc(NC2CCC(C(F)(F)F)CC2)c([C@@H]2CC(Br)=NO2)c1. The number of rotatable bonds is 5. The Morgan fingerprint density at radius 2 is 1.89 bits per heavy atom. The molecule has 0 aromatic heterocycles. The minimum atomic E-state index is -4.15. The van der Waals surface area contributed by atoms with E-state index in [1.165, 1.54) is 19.2 Å². The molecule has 1 heterocycles. The molecule has 1 atom stereocenters. The molecule has 1 saturated carbocycles. The molecular formula is C17H21BrF3N3O3S. The average Bonchev–Trinajstić information content (AvgIpc) is 3.08. The highest BCUT2D eigenvalue weighted by Crippen LogP contribution is 2.40. The zero-order valence-electron chi connectivity index (χ0n) is 15.1. The van der Waals surface area contributed by atoms with Crippen molar-refractivity contribution in [2.45, 2.75) is 55.3 Å². The molecule has 6 nitrogen and oxygen atoms in total. The maximum absolute atomic E-state index is 12.9. The number of nitrogens with zero attached hydrogens (tertiary/aromatic N) is 1. The second kappa shape index (κ2) is 8.19. The summed E-state index contributed by atoms with van der Waals surface area (Å²) in [4.78, 5) is 5.47. The van der Waals surface area contributed by atoms with Crippen molar-refractivity contribution in [3.05, 3.63) is 23.8 Å². The van der Waals surface area contributed by atoms with Crippen molar-refractivity contribution < 1.29 is 26.4 Å². The van der Waals surface area contributed by atoms with Gasteiger partial charge >= 0.3 is 6.18 Å². The first kappa shape index (κ1) is 21.4. The molecule has 0 bridgehead atoms. The molecule has 0 saturated heterocycles. The molecular weight excluding hydrogens is 463 g/mol. The number of hydrogen-bond acceptors (Lipinski definition) is 5. The molecule has 0 unspecified atom stereocenters. The van der Waals surface area contributed by atoms with E-state index < -0.39 is 28.2 Å². The van der Waals surface area contributed by atoms with Crippen LogP contribution in [0.15, 0.2) is 28.3 Å². The Morgan fingerprint density at radius 1 is 1.21 bits per heavy atom. The second-order valence-corrected chi connectivity index (χ2v) is 9.76. The molecule has 0 amide bonds. The van der Waals surface area contributed by atoms with Crippen molar-refractivity contribution in [2.24, 2.45) is 11.1 Å². The third-order valence-electron chi connectivity index (χ3n) is 5.13. The minimum absolute atomic E-state index is 0.0807. The van der Waals surface area contributed by atoms with Crippen molar-refractivity contribution in [3.63, 3.8) is 0 Å². The third kappa shape index (κ3) is 4.80. The average molecular weight is 484 g/mol. The Bertz CT molecular complexity index is 853. The van der Waals surface area contributed by atoms with Gasteiger partial charge in [0.1, 0.15) is 4.62 Å². The van der Waals surface area contributed by atoms with Gasteiger partial charge in [-0.1, -0.05) is 5.16 Å². The van der Waals surface area contributed by atoms with E-state index in [4.69, 9.17) is 4.84 Å². The molecule has 0 radical (unpaired) electrons. The summed E-state index contributed by atoms with van der Waals surface area (Å²) in [5, 5.41) is 7.13. The van der Waals surface area contributed by atoms with Gasteiger partial charge in [-0.3, -0.25) is 0 Å². The molecule has 1 fully saturated rings. The maximum Gasteiger partial charge on any atom is 0.391 e. The smallest absolute Gasteiger partial charge is 0.386 e. The van der Waals surface area contributed by atoms with Gasteiger partial charge in [0.05, 0.1) is 10.8 Å². The fourth-order valence-corrected chi connectivity index (χ4v) is 4.67. The van der Waals surface area contributed by atoms with Gasteiger partial charge in [-0.15, -0.1) is 0 Å². The summed E-state index contributed by atoms with van der Waals surface area (Å²) in [6.45, 7) is 0. The van der Waals surface area contributed by atoms with Crippen LogP contribution < -0.4 is 10.0 Å². The summed E-state index contributed by atoms with van der Waals surface area (Å²) >= 11 is 3.26. The molecule has 11 heteroatoms. The first-order chi connectivity index (χ1) is 13.1. The van der Waals surface area contributed by atoms with Crippen LogP contribution in [0.25, 0.3) is 0 Å². The van der Waals surface area contributed by atoms with E-state index >= 15 is 0 Å². The Hall–Kier alpha value is -1.33. The van der Waals surface area contributed by atoms with Crippen LogP contribution in [-0.2, 0) is 14.9 Å². The van der Waals surface area contributed by atoms with E-state index in [2.05, 4.69) is 31.1 Å². The number of alkyl halides is 3. The first-order valence-electron chi connectivity index (χ1n) is 8.89. The summed E-state index contributed by atoms with van der Waals surface area (Å²) in [5.41, 5.74) is 1.25. The number of nitrogens with one attached hydrogen (secondary N) is 2. The largest absolute Gasteiger partial charge is 0.391 e.